The Morgan fingerprint density at radius 3 is 2.70 bits per heavy atom. The summed E-state index contributed by atoms with van der Waals surface area (Å²) in [4.78, 5) is 16.9. The number of rotatable bonds is 4. The van der Waals surface area contributed by atoms with Crippen molar-refractivity contribution < 1.29 is 13.9 Å². The standard InChI is InChI=1S/C17H13FN2O2S/c1-22-16(21)12-7-3-2-6-11(12)15-10-19-17(23-15)20-14-9-5-4-8-13(14)18/h2-10H,1H3,(H,19,20). The Labute approximate surface area is 136 Å². The van der Waals surface area contributed by atoms with Gasteiger partial charge in [-0.25, -0.2) is 14.2 Å². The van der Waals surface area contributed by atoms with E-state index in [0.717, 1.165) is 10.4 Å². The highest BCUT2D eigenvalue weighted by molar-refractivity contribution is 7.19. The number of benzene rings is 2. The van der Waals surface area contributed by atoms with E-state index in [1.165, 1.54) is 24.5 Å². The van der Waals surface area contributed by atoms with Crippen LogP contribution in [0.3, 0.4) is 0 Å². The molecule has 6 heteroatoms. The van der Waals surface area contributed by atoms with Crippen LogP contribution in [0.2, 0.25) is 0 Å². The molecular weight excluding hydrogens is 315 g/mol. The molecule has 0 saturated heterocycles. The zero-order valence-electron chi connectivity index (χ0n) is 12.2. The number of nitrogens with one attached hydrogen (secondary N) is 1. The van der Waals surface area contributed by atoms with Crippen molar-refractivity contribution in [2.75, 3.05) is 12.4 Å². The lowest BCUT2D eigenvalue weighted by Gasteiger charge is -2.05. The Kier molecular flexibility index (Phi) is 4.34. The maximum atomic E-state index is 13.7. The Balaban J connectivity index is 1.91. The predicted octanol–water partition coefficient (Wildman–Crippen LogP) is 4.48. The Hall–Kier alpha value is -2.73. The van der Waals surface area contributed by atoms with E-state index in [2.05, 4.69) is 10.3 Å². The van der Waals surface area contributed by atoms with Crippen LogP contribution in [-0.2, 0) is 4.74 Å². The van der Waals surface area contributed by atoms with E-state index in [1.54, 1.807) is 36.5 Å². The first-order chi connectivity index (χ1) is 11.2. The second-order valence-electron chi connectivity index (χ2n) is 4.67. The quantitative estimate of drug-likeness (QED) is 0.718. The van der Waals surface area contributed by atoms with E-state index in [0.29, 0.717) is 16.4 Å². The van der Waals surface area contributed by atoms with E-state index >= 15 is 0 Å². The Morgan fingerprint density at radius 1 is 1.17 bits per heavy atom. The first-order valence-corrected chi connectivity index (χ1v) is 7.66. The molecule has 3 aromatic rings. The van der Waals surface area contributed by atoms with Crippen molar-refractivity contribution in [3.63, 3.8) is 0 Å². The fourth-order valence-corrected chi connectivity index (χ4v) is 2.99. The van der Waals surface area contributed by atoms with E-state index in [1.807, 2.05) is 12.1 Å². The normalized spacial score (nSPS) is 10.3. The van der Waals surface area contributed by atoms with Gasteiger partial charge in [0.2, 0.25) is 0 Å². The lowest BCUT2D eigenvalue weighted by Crippen LogP contribution is -2.02. The molecule has 0 saturated carbocycles. The molecule has 0 atom stereocenters. The SMILES string of the molecule is COC(=O)c1ccccc1-c1cnc(Nc2ccccc2F)s1. The maximum absolute atomic E-state index is 13.7. The third kappa shape index (κ3) is 3.22. The third-order valence-electron chi connectivity index (χ3n) is 3.22. The first kappa shape index (κ1) is 15.2. The molecule has 23 heavy (non-hydrogen) atoms. The van der Waals surface area contributed by atoms with Crippen LogP contribution < -0.4 is 5.32 Å². The summed E-state index contributed by atoms with van der Waals surface area (Å²) in [7, 11) is 1.34. The summed E-state index contributed by atoms with van der Waals surface area (Å²) in [6.07, 6.45) is 1.65. The number of nitrogens with zero attached hydrogens (tertiary/aromatic N) is 1. The highest BCUT2D eigenvalue weighted by Gasteiger charge is 2.15. The number of esters is 1. The molecule has 116 valence electrons. The smallest absolute Gasteiger partial charge is 0.338 e. The molecule has 1 aromatic heterocycles. The number of thiazole rings is 1. The van der Waals surface area contributed by atoms with Gasteiger partial charge in [0.15, 0.2) is 5.13 Å². The van der Waals surface area contributed by atoms with Gasteiger partial charge in [0.1, 0.15) is 5.82 Å². The van der Waals surface area contributed by atoms with Crippen LogP contribution in [0.25, 0.3) is 10.4 Å². The van der Waals surface area contributed by atoms with Gasteiger partial charge in [-0.3, -0.25) is 0 Å². The van der Waals surface area contributed by atoms with E-state index < -0.39 is 5.97 Å². The molecule has 0 bridgehead atoms. The molecule has 4 nitrogen and oxygen atoms in total. The minimum Gasteiger partial charge on any atom is -0.465 e. The summed E-state index contributed by atoms with van der Waals surface area (Å²) >= 11 is 1.33. The van der Waals surface area contributed by atoms with Gasteiger partial charge >= 0.3 is 5.97 Å². The van der Waals surface area contributed by atoms with Gasteiger partial charge in [0.25, 0.3) is 0 Å². The zero-order chi connectivity index (χ0) is 16.2. The van der Waals surface area contributed by atoms with Crippen LogP contribution in [0, 0.1) is 5.82 Å². The van der Waals surface area contributed by atoms with Gasteiger partial charge in [-0.05, 0) is 18.2 Å². The minimum absolute atomic E-state index is 0.348. The van der Waals surface area contributed by atoms with Crippen LogP contribution in [0.1, 0.15) is 10.4 Å². The van der Waals surface area contributed by atoms with Crippen LogP contribution in [0.15, 0.2) is 54.7 Å². The second kappa shape index (κ2) is 6.58. The van der Waals surface area contributed by atoms with Gasteiger partial charge in [-0.2, -0.15) is 0 Å². The van der Waals surface area contributed by atoms with Gasteiger partial charge in [-0.1, -0.05) is 41.7 Å². The summed E-state index contributed by atoms with van der Waals surface area (Å²) in [6, 6.07) is 13.5. The molecule has 0 fully saturated rings. The second-order valence-corrected chi connectivity index (χ2v) is 5.70. The Morgan fingerprint density at radius 2 is 1.91 bits per heavy atom. The molecular formula is C17H13FN2O2S. The highest BCUT2D eigenvalue weighted by Crippen LogP contribution is 2.33. The number of ether oxygens (including phenoxy) is 1. The number of anilines is 2. The van der Waals surface area contributed by atoms with E-state index in [4.69, 9.17) is 4.74 Å². The van der Waals surface area contributed by atoms with E-state index in [9.17, 15) is 9.18 Å². The largest absolute Gasteiger partial charge is 0.465 e. The fourth-order valence-electron chi connectivity index (χ4n) is 2.12. The van der Waals surface area contributed by atoms with Crippen molar-refractivity contribution in [1.29, 1.82) is 0 Å². The summed E-state index contributed by atoms with van der Waals surface area (Å²) < 4.78 is 18.5. The number of aromatic nitrogens is 1. The van der Waals surface area contributed by atoms with Crippen LogP contribution in [-0.4, -0.2) is 18.1 Å². The summed E-state index contributed by atoms with van der Waals surface area (Å²) in [5.74, 6) is -0.753. The molecule has 0 aliphatic carbocycles. The summed E-state index contributed by atoms with van der Waals surface area (Å²) in [5, 5.41) is 3.49. The number of hydrogen-bond donors (Lipinski definition) is 1. The highest BCUT2D eigenvalue weighted by atomic mass is 32.1. The van der Waals surface area contributed by atoms with E-state index in [-0.39, 0.29) is 5.82 Å². The first-order valence-electron chi connectivity index (χ1n) is 6.84. The van der Waals surface area contributed by atoms with Gasteiger partial charge in [-0.15, -0.1) is 0 Å². The predicted molar refractivity (Wildman–Crippen MR) is 88.6 cm³/mol. The molecule has 1 N–H and O–H groups in total. The summed E-state index contributed by atoms with van der Waals surface area (Å²) in [5.41, 5.74) is 1.56. The number of hydrogen-bond acceptors (Lipinski definition) is 5. The van der Waals surface area contributed by atoms with Crippen LogP contribution in [0.4, 0.5) is 15.2 Å². The molecule has 0 amide bonds. The lowest BCUT2D eigenvalue weighted by atomic mass is 10.1. The summed E-state index contributed by atoms with van der Waals surface area (Å²) in [6.45, 7) is 0. The average molecular weight is 328 g/mol. The van der Waals surface area contributed by atoms with Crippen molar-refractivity contribution in [2.45, 2.75) is 0 Å². The topological polar surface area (TPSA) is 51.2 Å². The molecule has 0 aliphatic rings. The van der Waals surface area contributed by atoms with Gasteiger partial charge in [0, 0.05) is 11.8 Å². The van der Waals surface area contributed by atoms with Crippen molar-refractivity contribution >= 4 is 28.1 Å². The molecule has 0 aliphatic heterocycles. The van der Waals surface area contributed by atoms with Crippen LogP contribution >= 0.6 is 11.3 Å². The molecule has 0 unspecified atom stereocenters. The number of halogens is 1. The number of para-hydroxylation sites is 1. The maximum Gasteiger partial charge on any atom is 0.338 e. The lowest BCUT2D eigenvalue weighted by molar-refractivity contribution is 0.0601. The third-order valence-corrected chi connectivity index (χ3v) is 4.17. The fraction of sp³-hybridized carbons (Fsp3) is 0.0588. The number of carbonyl (C=O) groups is 1. The number of methoxy groups -OCH3 is 1. The molecule has 0 radical (unpaired) electrons. The molecule has 1 heterocycles. The Bertz CT molecular complexity index is 848. The molecule has 3 rings (SSSR count). The zero-order valence-corrected chi connectivity index (χ0v) is 13.1. The molecule has 2 aromatic carbocycles. The van der Waals surface area contributed by atoms with Crippen LogP contribution in [0.5, 0.6) is 0 Å². The van der Waals surface area contributed by atoms with Crippen molar-refractivity contribution in [3.05, 3.63) is 66.1 Å². The minimum atomic E-state index is -0.405. The average Bonchev–Trinajstić information content (AvgIpc) is 3.05. The van der Waals surface area contributed by atoms with Gasteiger partial charge in [0.05, 0.1) is 23.2 Å². The van der Waals surface area contributed by atoms with Crippen molar-refractivity contribution in [3.8, 4) is 10.4 Å². The van der Waals surface area contributed by atoms with Gasteiger partial charge < -0.3 is 10.1 Å². The van der Waals surface area contributed by atoms with Crippen molar-refractivity contribution in [1.82, 2.24) is 4.98 Å². The molecule has 0 spiro atoms. The monoisotopic (exact) mass is 328 g/mol. The van der Waals surface area contributed by atoms with Crippen molar-refractivity contribution in [2.24, 2.45) is 0 Å². The number of carbonyl (C=O) groups excluding carboxylic acids is 1.